The molecule has 1 aromatic carbocycles. The molecule has 0 amide bonds. The van der Waals surface area contributed by atoms with Crippen molar-refractivity contribution in [3.05, 3.63) is 45.4 Å². The van der Waals surface area contributed by atoms with Crippen molar-refractivity contribution in [1.82, 2.24) is 10.3 Å². The van der Waals surface area contributed by atoms with Crippen LogP contribution in [0.1, 0.15) is 35.2 Å². The maximum absolute atomic E-state index is 4.54. The second-order valence-corrected chi connectivity index (χ2v) is 6.57. The zero-order valence-electron chi connectivity index (χ0n) is 13.4. The van der Waals surface area contributed by atoms with Crippen LogP contribution in [0.25, 0.3) is 0 Å². The molecule has 0 radical (unpaired) electrons. The third-order valence-electron chi connectivity index (χ3n) is 3.49. The molecule has 0 saturated heterocycles. The molecule has 1 heterocycles. The smallest absolute Gasteiger partial charge is 0.0898 e. The molecule has 0 aliphatic carbocycles. The van der Waals surface area contributed by atoms with Crippen molar-refractivity contribution < 1.29 is 0 Å². The molecule has 21 heavy (non-hydrogen) atoms. The lowest BCUT2D eigenvalue weighted by Gasteiger charge is -2.21. The number of anilines is 1. The van der Waals surface area contributed by atoms with Gasteiger partial charge in [-0.2, -0.15) is 0 Å². The van der Waals surface area contributed by atoms with E-state index in [0.717, 1.165) is 30.3 Å². The SMILES string of the molecule is CCCNCc1ccc(N(C)Cc2csc(C)n2)c(C)c1. The molecule has 0 saturated carbocycles. The van der Waals surface area contributed by atoms with Gasteiger partial charge in [-0.25, -0.2) is 4.98 Å². The highest BCUT2D eigenvalue weighted by atomic mass is 32.1. The second kappa shape index (κ2) is 7.57. The highest BCUT2D eigenvalue weighted by Gasteiger charge is 2.08. The third kappa shape index (κ3) is 4.55. The molecule has 0 unspecified atom stereocenters. The van der Waals surface area contributed by atoms with Crippen LogP contribution in [0.2, 0.25) is 0 Å². The summed E-state index contributed by atoms with van der Waals surface area (Å²) in [5.41, 5.74) is 5.09. The van der Waals surface area contributed by atoms with Crippen molar-refractivity contribution >= 4 is 17.0 Å². The van der Waals surface area contributed by atoms with Crippen molar-refractivity contribution in [3.63, 3.8) is 0 Å². The third-order valence-corrected chi connectivity index (χ3v) is 4.32. The molecule has 3 nitrogen and oxygen atoms in total. The molecule has 1 N–H and O–H groups in total. The number of nitrogens with zero attached hydrogens (tertiary/aromatic N) is 2. The fourth-order valence-corrected chi connectivity index (χ4v) is 3.08. The Labute approximate surface area is 132 Å². The van der Waals surface area contributed by atoms with E-state index >= 15 is 0 Å². The Bertz CT molecular complexity index is 577. The zero-order chi connectivity index (χ0) is 15.2. The average Bonchev–Trinajstić information content (AvgIpc) is 2.84. The Kier molecular flexibility index (Phi) is 5.76. The summed E-state index contributed by atoms with van der Waals surface area (Å²) in [5, 5.41) is 6.72. The van der Waals surface area contributed by atoms with Gasteiger partial charge in [0.05, 0.1) is 17.2 Å². The number of hydrogen-bond donors (Lipinski definition) is 1. The Morgan fingerprint density at radius 2 is 2.10 bits per heavy atom. The van der Waals surface area contributed by atoms with Crippen LogP contribution in [0.5, 0.6) is 0 Å². The molecule has 1 aromatic heterocycles. The number of rotatable bonds is 7. The standard InChI is InChI=1S/C17H25N3S/c1-5-8-18-10-15-6-7-17(13(2)9-15)20(4)11-16-12-21-14(3)19-16/h6-7,9,12,18H,5,8,10-11H2,1-4H3. The van der Waals surface area contributed by atoms with Crippen LogP contribution in [0.15, 0.2) is 23.6 Å². The van der Waals surface area contributed by atoms with Crippen LogP contribution in [-0.2, 0) is 13.1 Å². The molecule has 0 bridgehead atoms. The molecule has 2 rings (SSSR count). The molecule has 0 spiro atoms. The largest absolute Gasteiger partial charge is 0.368 e. The van der Waals surface area contributed by atoms with Crippen molar-refractivity contribution in [2.45, 2.75) is 40.3 Å². The first-order valence-electron chi connectivity index (χ1n) is 7.52. The van der Waals surface area contributed by atoms with Crippen LogP contribution < -0.4 is 10.2 Å². The van der Waals surface area contributed by atoms with E-state index in [1.54, 1.807) is 11.3 Å². The quantitative estimate of drug-likeness (QED) is 0.786. The van der Waals surface area contributed by atoms with Crippen molar-refractivity contribution in [1.29, 1.82) is 0 Å². The summed E-state index contributed by atoms with van der Waals surface area (Å²) in [6.45, 7) is 9.31. The minimum Gasteiger partial charge on any atom is -0.368 e. The Balaban J connectivity index is 2.02. The fraction of sp³-hybridized carbons (Fsp3) is 0.471. The first-order chi connectivity index (χ1) is 10.1. The number of nitrogens with one attached hydrogen (secondary N) is 1. The van der Waals surface area contributed by atoms with Gasteiger partial charge in [-0.15, -0.1) is 11.3 Å². The Morgan fingerprint density at radius 3 is 2.71 bits per heavy atom. The van der Waals surface area contributed by atoms with Crippen LogP contribution in [0, 0.1) is 13.8 Å². The van der Waals surface area contributed by atoms with E-state index in [1.807, 2.05) is 0 Å². The first-order valence-corrected chi connectivity index (χ1v) is 8.40. The summed E-state index contributed by atoms with van der Waals surface area (Å²) in [4.78, 5) is 6.81. The lowest BCUT2D eigenvalue weighted by atomic mass is 10.1. The van der Waals surface area contributed by atoms with Gasteiger partial charge in [0.25, 0.3) is 0 Å². The van der Waals surface area contributed by atoms with E-state index in [0.29, 0.717) is 0 Å². The van der Waals surface area contributed by atoms with Crippen LogP contribution in [0.4, 0.5) is 5.69 Å². The van der Waals surface area contributed by atoms with Crippen molar-refractivity contribution in [2.24, 2.45) is 0 Å². The monoisotopic (exact) mass is 303 g/mol. The maximum atomic E-state index is 4.54. The van der Waals surface area contributed by atoms with Crippen LogP contribution in [-0.4, -0.2) is 18.6 Å². The van der Waals surface area contributed by atoms with Gasteiger partial charge in [0.2, 0.25) is 0 Å². The Hall–Kier alpha value is -1.39. The van der Waals surface area contributed by atoms with Gasteiger partial charge in [0.1, 0.15) is 0 Å². The van der Waals surface area contributed by atoms with Crippen LogP contribution >= 0.6 is 11.3 Å². The molecule has 0 aliphatic rings. The van der Waals surface area contributed by atoms with Gasteiger partial charge >= 0.3 is 0 Å². The van der Waals surface area contributed by atoms with Gasteiger partial charge in [0.15, 0.2) is 0 Å². The summed E-state index contributed by atoms with van der Waals surface area (Å²) in [5.74, 6) is 0. The topological polar surface area (TPSA) is 28.2 Å². The van der Waals surface area contributed by atoms with E-state index in [4.69, 9.17) is 0 Å². The van der Waals surface area contributed by atoms with E-state index in [-0.39, 0.29) is 0 Å². The van der Waals surface area contributed by atoms with Crippen molar-refractivity contribution in [3.8, 4) is 0 Å². The molecule has 0 aliphatic heterocycles. The molecular weight excluding hydrogens is 278 g/mol. The van der Waals surface area contributed by atoms with E-state index < -0.39 is 0 Å². The molecule has 114 valence electrons. The molecule has 0 atom stereocenters. The number of aromatic nitrogens is 1. The lowest BCUT2D eigenvalue weighted by molar-refractivity contribution is 0.675. The molecular formula is C17H25N3S. The minimum atomic E-state index is 0.860. The summed E-state index contributed by atoms with van der Waals surface area (Å²) < 4.78 is 0. The van der Waals surface area contributed by atoms with Gasteiger partial charge in [-0.1, -0.05) is 19.1 Å². The summed E-state index contributed by atoms with van der Waals surface area (Å²) in [6, 6.07) is 6.71. The number of hydrogen-bond acceptors (Lipinski definition) is 4. The van der Waals surface area contributed by atoms with E-state index in [2.05, 4.69) is 66.6 Å². The van der Waals surface area contributed by atoms with Crippen LogP contribution in [0.3, 0.4) is 0 Å². The number of benzene rings is 1. The first kappa shape index (κ1) is 16.0. The number of aryl methyl sites for hydroxylation is 2. The van der Waals surface area contributed by atoms with E-state index in [1.165, 1.54) is 23.2 Å². The lowest BCUT2D eigenvalue weighted by Crippen LogP contribution is -2.18. The molecule has 4 heteroatoms. The van der Waals surface area contributed by atoms with Crippen molar-refractivity contribution in [2.75, 3.05) is 18.5 Å². The van der Waals surface area contributed by atoms with Gasteiger partial charge in [-0.05, 0) is 44.0 Å². The highest BCUT2D eigenvalue weighted by Crippen LogP contribution is 2.22. The molecule has 2 aromatic rings. The van der Waals surface area contributed by atoms with E-state index in [9.17, 15) is 0 Å². The molecule has 0 fully saturated rings. The summed E-state index contributed by atoms with van der Waals surface area (Å²) >= 11 is 1.71. The predicted molar refractivity (Wildman–Crippen MR) is 92.1 cm³/mol. The maximum Gasteiger partial charge on any atom is 0.0898 e. The predicted octanol–water partition coefficient (Wildman–Crippen LogP) is 3.90. The normalized spacial score (nSPS) is 10.9. The Morgan fingerprint density at radius 1 is 1.29 bits per heavy atom. The van der Waals surface area contributed by atoms with Gasteiger partial charge < -0.3 is 10.2 Å². The summed E-state index contributed by atoms with van der Waals surface area (Å²) in [6.07, 6.45) is 1.17. The fourth-order valence-electron chi connectivity index (χ4n) is 2.47. The zero-order valence-corrected chi connectivity index (χ0v) is 14.3. The minimum absolute atomic E-state index is 0.860. The van der Waals surface area contributed by atoms with Gasteiger partial charge in [-0.3, -0.25) is 0 Å². The highest BCUT2D eigenvalue weighted by molar-refractivity contribution is 7.09. The van der Waals surface area contributed by atoms with Gasteiger partial charge in [0, 0.05) is 24.7 Å². The summed E-state index contributed by atoms with van der Waals surface area (Å²) in [7, 11) is 2.13. The number of thiazole rings is 1. The second-order valence-electron chi connectivity index (χ2n) is 5.51. The average molecular weight is 303 g/mol.